The zero-order valence-electron chi connectivity index (χ0n) is 12.0. The van der Waals surface area contributed by atoms with Gasteiger partial charge in [0, 0.05) is 12.1 Å². The molecule has 1 N–H and O–H groups in total. The fourth-order valence-electron chi connectivity index (χ4n) is 3.67. The van der Waals surface area contributed by atoms with E-state index in [0.29, 0.717) is 17.5 Å². The molecule has 18 heavy (non-hydrogen) atoms. The van der Waals surface area contributed by atoms with Crippen LogP contribution in [0.4, 0.5) is 0 Å². The Balaban J connectivity index is 1.89. The molecule has 3 nitrogen and oxygen atoms in total. The van der Waals surface area contributed by atoms with Gasteiger partial charge in [-0.3, -0.25) is 9.69 Å². The van der Waals surface area contributed by atoms with E-state index in [9.17, 15) is 4.79 Å². The van der Waals surface area contributed by atoms with Gasteiger partial charge in [0.1, 0.15) is 0 Å². The second-order valence-electron chi connectivity index (χ2n) is 7.04. The Morgan fingerprint density at radius 1 is 1.22 bits per heavy atom. The Morgan fingerprint density at radius 2 is 1.83 bits per heavy atom. The smallest absolute Gasteiger partial charge is 0.306 e. The van der Waals surface area contributed by atoms with Gasteiger partial charge in [0.25, 0.3) is 0 Å². The van der Waals surface area contributed by atoms with E-state index in [4.69, 9.17) is 5.11 Å². The molecule has 0 amide bonds. The van der Waals surface area contributed by atoms with Gasteiger partial charge in [-0.25, -0.2) is 0 Å². The number of nitrogens with zero attached hydrogens (tertiary/aromatic N) is 1. The van der Waals surface area contributed by atoms with Gasteiger partial charge in [-0.2, -0.15) is 0 Å². The van der Waals surface area contributed by atoms with Crippen LogP contribution in [0.25, 0.3) is 0 Å². The highest BCUT2D eigenvalue weighted by Crippen LogP contribution is 2.38. The zero-order chi connectivity index (χ0) is 13.3. The highest BCUT2D eigenvalue weighted by atomic mass is 16.4. The van der Waals surface area contributed by atoms with Gasteiger partial charge in [-0.15, -0.1) is 0 Å². The standard InChI is InChI=1S/C15H27NO2/c1-11-10-12(14(17)18)6-9-16(11)13-4-7-15(2,3)8-5-13/h11-13H,4-10H2,1-3H3,(H,17,18). The predicted octanol–water partition coefficient (Wildman–Crippen LogP) is 3.14. The lowest BCUT2D eigenvalue weighted by Gasteiger charge is -2.45. The number of hydrogen-bond acceptors (Lipinski definition) is 2. The molecule has 1 saturated carbocycles. The predicted molar refractivity (Wildman–Crippen MR) is 72.6 cm³/mol. The average molecular weight is 253 g/mol. The van der Waals surface area contributed by atoms with E-state index in [0.717, 1.165) is 19.4 Å². The van der Waals surface area contributed by atoms with Crippen LogP contribution in [-0.2, 0) is 4.79 Å². The molecule has 0 aromatic carbocycles. The second-order valence-corrected chi connectivity index (χ2v) is 7.04. The number of carboxylic acid groups (broad SMARTS) is 1. The van der Waals surface area contributed by atoms with E-state index in [2.05, 4.69) is 25.7 Å². The maximum atomic E-state index is 11.0. The van der Waals surface area contributed by atoms with E-state index in [-0.39, 0.29) is 5.92 Å². The van der Waals surface area contributed by atoms with Gasteiger partial charge in [0.05, 0.1) is 5.92 Å². The summed E-state index contributed by atoms with van der Waals surface area (Å²) in [5, 5.41) is 9.10. The SMILES string of the molecule is CC1CC(C(=O)O)CCN1C1CCC(C)(C)CC1. The highest BCUT2D eigenvalue weighted by Gasteiger charge is 2.36. The number of carboxylic acids is 1. The Morgan fingerprint density at radius 3 is 2.33 bits per heavy atom. The van der Waals surface area contributed by atoms with Gasteiger partial charge in [0.2, 0.25) is 0 Å². The summed E-state index contributed by atoms with van der Waals surface area (Å²) >= 11 is 0. The molecule has 0 radical (unpaired) electrons. The topological polar surface area (TPSA) is 40.5 Å². The van der Waals surface area contributed by atoms with Crippen molar-refractivity contribution in [3.05, 3.63) is 0 Å². The van der Waals surface area contributed by atoms with Crippen molar-refractivity contribution in [1.82, 2.24) is 4.90 Å². The van der Waals surface area contributed by atoms with E-state index in [1.54, 1.807) is 0 Å². The molecule has 1 aliphatic carbocycles. The Kier molecular flexibility index (Phi) is 4.00. The fraction of sp³-hybridized carbons (Fsp3) is 0.933. The lowest BCUT2D eigenvalue weighted by Crippen LogP contribution is -2.49. The van der Waals surface area contributed by atoms with Crippen molar-refractivity contribution in [3.63, 3.8) is 0 Å². The molecule has 1 saturated heterocycles. The van der Waals surface area contributed by atoms with Crippen molar-refractivity contribution in [3.8, 4) is 0 Å². The minimum atomic E-state index is -0.605. The first-order valence-corrected chi connectivity index (χ1v) is 7.37. The number of piperidine rings is 1. The minimum Gasteiger partial charge on any atom is -0.481 e. The number of aliphatic carboxylic acids is 1. The summed E-state index contributed by atoms with van der Waals surface area (Å²) in [7, 11) is 0. The third-order valence-electron chi connectivity index (χ3n) is 5.05. The third-order valence-corrected chi connectivity index (χ3v) is 5.05. The molecule has 1 aliphatic heterocycles. The second kappa shape index (κ2) is 5.20. The molecule has 2 aliphatic rings. The van der Waals surface area contributed by atoms with Crippen LogP contribution in [-0.4, -0.2) is 34.6 Å². The third kappa shape index (κ3) is 3.05. The molecule has 0 aromatic rings. The molecular weight excluding hydrogens is 226 g/mol. The molecule has 104 valence electrons. The van der Waals surface area contributed by atoms with Crippen LogP contribution in [0.1, 0.15) is 59.3 Å². The van der Waals surface area contributed by atoms with Crippen molar-refractivity contribution in [2.24, 2.45) is 11.3 Å². The summed E-state index contributed by atoms with van der Waals surface area (Å²) in [5.41, 5.74) is 0.513. The van der Waals surface area contributed by atoms with Crippen LogP contribution < -0.4 is 0 Å². The summed E-state index contributed by atoms with van der Waals surface area (Å²) in [4.78, 5) is 13.6. The summed E-state index contributed by atoms with van der Waals surface area (Å²) in [6, 6.07) is 1.13. The van der Waals surface area contributed by atoms with Gasteiger partial charge >= 0.3 is 5.97 Å². The fourth-order valence-corrected chi connectivity index (χ4v) is 3.67. The molecule has 0 bridgehead atoms. The van der Waals surface area contributed by atoms with Crippen LogP contribution in [0, 0.1) is 11.3 Å². The number of likely N-dealkylation sites (tertiary alicyclic amines) is 1. The van der Waals surface area contributed by atoms with Crippen LogP contribution in [0.2, 0.25) is 0 Å². The quantitative estimate of drug-likeness (QED) is 0.822. The lowest BCUT2D eigenvalue weighted by molar-refractivity contribution is -0.144. The molecule has 0 spiro atoms. The highest BCUT2D eigenvalue weighted by molar-refractivity contribution is 5.70. The molecular formula is C15H27NO2. The molecule has 2 unspecified atom stereocenters. The Labute approximate surface area is 111 Å². The summed E-state index contributed by atoms with van der Waals surface area (Å²) < 4.78 is 0. The van der Waals surface area contributed by atoms with E-state index in [1.165, 1.54) is 25.7 Å². The minimum absolute atomic E-state index is 0.115. The Hall–Kier alpha value is -0.570. The van der Waals surface area contributed by atoms with Crippen LogP contribution in [0.5, 0.6) is 0 Å². The van der Waals surface area contributed by atoms with Gasteiger partial charge in [-0.05, 0) is 57.4 Å². The average Bonchev–Trinajstić information content (AvgIpc) is 2.29. The van der Waals surface area contributed by atoms with Gasteiger partial charge in [-0.1, -0.05) is 13.8 Å². The van der Waals surface area contributed by atoms with Crippen LogP contribution in [0.3, 0.4) is 0 Å². The van der Waals surface area contributed by atoms with Gasteiger partial charge in [0.15, 0.2) is 0 Å². The van der Waals surface area contributed by atoms with Gasteiger partial charge < -0.3 is 5.11 Å². The first-order valence-electron chi connectivity index (χ1n) is 7.37. The summed E-state index contributed by atoms with van der Waals surface area (Å²) in [6.45, 7) is 7.91. The van der Waals surface area contributed by atoms with E-state index >= 15 is 0 Å². The number of carbonyl (C=O) groups is 1. The monoisotopic (exact) mass is 253 g/mol. The molecule has 2 atom stereocenters. The van der Waals surface area contributed by atoms with Crippen molar-refractivity contribution >= 4 is 5.97 Å². The summed E-state index contributed by atoms with van der Waals surface area (Å²) in [5.74, 6) is -0.720. The zero-order valence-corrected chi connectivity index (χ0v) is 12.0. The lowest BCUT2D eigenvalue weighted by atomic mass is 9.74. The molecule has 3 heteroatoms. The van der Waals surface area contributed by atoms with Crippen LogP contribution >= 0.6 is 0 Å². The van der Waals surface area contributed by atoms with Crippen molar-refractivity contribution in [1.29, 1.82) is 0 Å². The molecule has 2 rings (SSSR count). The maximum Gasteiger partial charge on any atom is 0.306 e. The normalized spacial score (nSPS) is 34.4. The van der Waals surface area contributed by atoms with E-state index < -0.39 is 5.97 Å². The molecule has 0 aromatic heterocycles. The Bertz CT molecular complexity index is 304. The van der Waals surface area contributed by atoms with Crippen molar-refractivity contribution < 1.29 is 9.90 Å². The first kappa shape index (κ1) is 13.9. The largest absolute Gasteiger partial charge is 0.481 e. The first-order chi connectivity index (χ1) is 8.39. The van der Waals surface area contributed by atoms with Crippen molar-refractivity contribution in [2.45, 2.75) is 71.4 Å². The number of hydrogen-bond donors (Lipinski definition) is 1. The summed E-state index contributed by atoms with van der Waals surface area (Å²) in [6.07, 6.45) is 6.85. The number of rotatable bonds is 2. The van der Waals surface area contributed by atoms with Crippen LogP contribution in [0.15, 0.2) is 0 Å². The van der Waals surface area contributed by atoms with E-state index in [1.807, 2.05) is 0 Å². The maximum absolute atomic E-state index is 11.0. The molecule has 2 fully saturated rings. The van der Waals surface area contributed by atoms with Crippen molar-refractivity contribution in [2.75, 3.05) is 6.54 Å². The molecule has 1 heterocycles.